The van der Waals surface area contributed by atoms with Gasteiger partial charge >= 0.3 is 5.97 Å². The zero-order valence-corrected chi connectivity index (χ0v) is 21.1. The number of epoxide rings is 1. The minimum Gasteiger partial charge on any atom is -0.456 e. The number of aliphatic hydroxyl groups excluding tert-OH is 2. The molecule has 0 saturated carbocycles. The molecule has 0 aliphatic carbocycles. The fourth-order valence-electron chi connectivity index (χ4n) is 5.24. The van der Waals surface area contributed by atoms with Gasteiger partial charge in [-0.2, -0.15) is 0 Å². The zero-order chi connectivity index (χ0) is 25.5. The summed E-state index contributed by atoms with van der Waals surface area (Å²) in [7, 11) is 0. The van der Waals surface area contributed by atoms with Crippen molar-refractivity contribution in [2.75, 3.05) is 6.61 Å². The molecule has 2 unspecified atom stereocenters. The maximum atomic E-state index is 12.6. The first-order valence-corrected chi connectivity index (χ1v) is 13.2. The molecule has 2 bridgehead atoms. The first-order valence-electron chi connectivity index (χ1n) is 13.2. The number of fused-ring (bicyclic) bond motifs is 3. The van der Waals surface area contributed by atoms with Gasteiger partial charge in [0.05, 0.1) is 37.1 Å². The predicted octanol–water partition coefficient (Wildman–Crippen LogP) is 3.72. The van der Waals surface area contributed by atoms with E-state index in [1.165, 1.54) is 6.08 Å². The Morgan fingerprint density at radius 1 is 1.08 bits per heavy atom. The van der Waals surface area contributed by atoms with Crippen LogP contribution in [0.1, 0.15) is 51.9 Å². The monoisotopic (exact) mass is 500 g/mol. The summed E-state index contributed by atoms with van der Waals surface area (Å²) >= 11 is 0. The largest absolute Gasteiger partial charge is 0.456 e. The third-order valence-electron chi connectivity index (χ3n) is 7.12. The van der Waals surface area contributed by atoms with Gasteiger partial charge in [0, 0.05) is 12.5 Å². The van der Waals surface area contributed by atoms with Crippen molar-refractivity contribution in [3.05, 3.63) is 60.8 Å². The van der Waals surface area contributed by atoms with Gasteiger partial charge in [0.15, 0.2) is 0 Å². The standard InChI is InChI=1S/C29H40O7/c1-19-15-20(2)17-25(31)29-27(36-29)18-26(24(30)13-12-21-7-3-4-14-33-21)35-28(32)11-6-9-22-8-5-10-23(16-19)34-22/h3-6,8,11-13,19,21-27,29-31H,2,7,9-10,14-18H2,1H3/b11-6-,13-12+/t19-,21?,22-,23-,24-,25-,26?,27-,29-/m0/s1. The highest BCUT2D eigenvalue weighted by molar-refractivity contribution is 5.82. The minimum absolute atomic E-state index is 0.0848. The van der Waals surface area contributed by atoms with Crippen LogP contribution >= 0.6 is 0 Å². The number of carbonyl (C=O) groups is 1. The van der Waals surface area contributed by atoms with E-state index in [0.29, 0.717) is 25.4 Å². The van der Waals surface area contributed by atoms with Crippen LogP contribution in [-0.2, 0) is 23.7 Å². The summed E-state index contributed by atoms with van der Waals surface area (Å²) in [6, 6.07) is 0. The lowest BCUT2D eigenvalue weighted by Crippen LogP contribution is -2.32. The SMILES string of the molecule is C=C1C[C@H](C)C[C@@H]2CC=C[C@@H](C/C=C\C(=O)OC([C@@H](O)/C=C/C3CC=CCO3)C[C@@H]3O[C@H]3[C@@H](O)C1)O2. The van der Waals surface area contributed by atoms with Crippen molar-refractivity contribution in [1.29, 1.82) is 0 Å². The van der Waals surface area contributed by atoms with Gasteiger partial charge in [0.25, 0.3) is 0 Å². The average molecular weight is 501 g/mol. The zero-order valence-electron chi connectivity index (χ0n) is 21.1. The second-order valence-electron chi connectivity index (χ2n) is 10.5. The average Bonchev–Trinajstić information content (AvgIpc) is 3.62. The molecule has 198 valence electrons. The molecule has 0 aromatic rings. The van der Waals surface area contributed by atoms with Gasteiger partial charge in [-0.15, -0.1) is 0 Å². The Morgan fingerprint density at radius 3 is 2.75 bits per heavy atom. The van der Waals surface area contributed by atoms with Crippen molar-refractivity contribution < 1.29 is 34.0 Å². The number of aliphatic hydroxyl groups is 2. The Balaban J connectivity index is 1.44. The van der Waals surface area contributed by atoms with Crippen LogP contribution in [-0.4, -0.2) is 71.6 Å². The molecule has 7 nitrogen and oxygen atoms in total. The number of rotatable bonds is 3. The fourth-order valence-corrected chi connectivity index (χ4v) is 5.24. The lowest BCUT2D eigenvalue weighted by Gasteiger charge is -2.28. The van der Waals surface area contributed by atoms with E-state index in [4.69, 9.17) is 18.9 Å². The van der Waals surface area contributed by atoms with Crippen LogP contribution in [0.25, 0.3) is 0 Å². The van der Waals surface area contributed by atoms with Crippen LogP contribution in [0.15, 0.2) is 60.8 Å². The van der Waals surface area contributed by atoms with Crippen LogP contribution in [0.5, 0.6) is 0 Å². The van der Waals surface area contributed by atoms with Crippen molar-refractivity contribution in [3.8, 4) is 0 Å². The highest BCUT2D eigenvalue weighted by atomic mass is 16.6. The first kappa shape index (κ1) is 27.0. The van der Waals surface area contributed by atoms with Crippen molar-refractivity contribution >= 4 is 5.97 Å². The van der Waals surface area contributed by atoms with Crippen molar-refractivity contribution in [2.24, 2.45) is 5.92 Å². The third-order valence-corrected chi connectivity index (χ3v) is 7.12. The summed E-state index contributed by atoms with van der Waals surface area (Å²) in [6.07, 6.45) is 16.2. The lowest BCUT2D eigenvalue weighted by molar-refractivity contribution is -0.148. The number of hydrogen-bond acceptors (Lipinski definition) is 7. The van der Waals surface area contributed by atoms with Crippen LogP contribution in [0.4, 0.5) is 0 Å². The minimum atomic E-state index is -1.02. The summed E-state index contributed by atoms with van der Waals surface area (Å²) in [6.45, 7) is 6.91. The van der Waals surface area contributed by atoms with Crippen molar-refractivity contribution in [3.63, 3.8) is 0 Å². The van der Waals surface area contributed by atoms with Gasteiger partial charge in [0.1, 0.15) is 18.3 Å². The summed E-state index contributed by atoms with van der Waals surface area (Å²) in [5.41, 5.74) is 0.990. The van der Waals surface area contributed by atoms with Gasteiger partial charge in [-0.25, -0.2) is 4.79 Å². The van der Waals surface area contributed by atoms with Gasteiger partial charge in [-0.3, -0.25) is 0 Å². The summed E-state index contributed by atoms with van der Waals surface area (Å²) in [5, 5.41) is 21.6. The summed E-state index contributed by atoms with van der Waals surface area (Å²) < 4.78 is 23.2. The molecule has 0 radical (unpaired) electrons. The Morgan fingerprint density at radius 2 is 1.94 bits per heavy atom. The van der Waals surface area contributed by atoms with Crippen LogP contribution in [0, 0.1) is 5.92 Å². The molecular weight excluding hydrogens is 460 g/mol. The molecule has 2 N–H and O–H groups in total. The predicted molar refractivity (Wildman–Crippen MR) is 136 cm³/mol. The molecule has 4 rings (SSSR count). The van der Waals surface area contributed by atoms with Gasteiger partial charge < -0.3 is 29.2 Å². The van der Waals surface area contributed by atoms with Gasteiger partial charge in [0.2, 0.25) is 0 Å². The molecule has 1 saturated heterocycles. The Bertz CT molecular complexity index is 875. The van der Waals surface area contributed by atoms with Crippen LogP contribution < -0.4 is 0 Å². The number of carbonyl (C=O) groups excluding carboxylic acids is 1. The molecule has 9 atom stereocenters. The molecule has 0 amide bonds. The number of hydrogen-bond donors (Lipinski definition) is 2. The third kappa shape index (κ3) is 8.25. The quantitative estimate of drug-likeness (QED) is 0.346. The number of ether oxygens (including phenoxy) is 4. The topological polar surface area (TPSA) is 97.8 Å². The summed E-state index contributed by atoms with van der Waals surface area (Å²) in [5.74, 6) is -0.140. The van der Waals surface area contributed by atoms with E-state index in [9.17, 15) is 15.0 Å². The van der Waals surface area contributed by atoms with Crippen LogP contribution in [0.2, 0.25) is 0 Å². The van der Waals surface area contributed by atoms with E-state index in [0.717, 1.165) is 31.3 Å². The molecule has 7 heteroatoms. The molecule has 36 heavy (non-hydrogen) atoms. The molecule has 4 aliphatic rings. The van der Waals surface area contributed by atoms with Crippen LogP contribution in [0.3, 0.4) is 0 Å². The number of cyclic esters (lactones) is 1. The normalized spacial score (nSPS) is 40.1. The van der Waals surface area contributed by atoms with E-state index in [1.807, 2.05) is 18.2 Å². The van der Waals surface area contributed by atoms with E-state index < -0.39 is 24.3 Å². The number of esters is 1. The molecule has 0 aromatic heterocycles. The van der Waals surface area contributed by atoms with Gasteiger partial charge in [-0.1, -0.05) is 61.6 Å². The highest BCUT2D eigenvalue weighted by Crippen LogP contribution is 2.34. The Kier molecular flexibility index (Phi) is 9.73. The highest BCUT2D eigenvalue weighted by Gasteiger charge is 2.46. The smallest absolute Gasteiger partial charge is 0.330 e. The molecule has 0 spiro atoms. The first-order chi connectivity index (χ1) is 17.4. The van der Waals surface area contributed by atoms with Gasteiger partial charge in [-0.05, 0) is 44.4 Å². The molecule has 1 fully saturated rings. The van der Waals surface area contributed by atoms with Crippen molar-refractivity contribution in [2.45, 2.75) is 101 Å². The Hall–Kier alpha value is -2.03. The maximum Gasteiger partial charge on any atom is 0.330 e. The Labute approximate surface area is 214 Å². The van der Waals surface area contributed by atoms with E-state index in [1.54, 1.807) is 18.2 Å². The lowest BCUT2D eigenvalue weighted by atomic mass is 9.91. The van der Waals surface area contributed by atoms with E-state index >= 15 is 0 Å². The fraction of sp³-hybridized carbons (Fsp3) is 0.621. The maximum absolute atomic E-state index is 12.6. The molecule has 4 heterocycles. The molecular formula is C29H40O7. The second-order valence-corrected chi connectivity index (χ2v) is 10.5. The second kappa shape index (κ2) is 13.0. The summed E-state index contributed by atoms with van der Waals surface area (Å²) in [4.78, 5) is 12.6. The van der Waals surface area contributed by atoms with E-state index in [-0.39, 0.29) is 36.9 Å². The van der Waals surface area contributed by atoms with E-state index in [2.05, 4.69) is 19.6 Å². The molecule has 4 aliphatic heterocycles. The van der Waals surface area contributed by atoms with Crippen molar-refractivity contribution in [1.82, 2.24) is 0 Å². The molecule has 0 aromatic carbocycles.